The van der Waals surface area contributed by atoms with Gasteiger partial charge in [-0.15, -0.1) is 0 Å². The van der Waals surface area contributed by atoms with Gasteiger partial charge in [-0.25, -0.2) is 13.1 Å². The van der Waals surface area contributed by atoms with Crippen molar-refractivity contribution in [3.8, 4) is 0 Å². The van der Waals surface area contributed by atoms with Gasteiger partial charge in [0.1, 0.15) is 0 Å². The first kappa shape index (κ1) is 18.2. The maximum absolute atomic E-state index is 12.4. The van der Waals surface area contributed by atoms with Gasteiger partial charge in [0.05, 0.1) is 4.90 Å². The zero-order valence-electron chi connectivity index (χ0n) is 14.3. The number of aryl methyl sites for hydroxylation is 1. The summed E-state index contributed by atoms with van der Waals surface area (Å²) in [5.74, 6) is -0.353. The molecular weight excluding hydrogens is 324 g/mol. The minimum atomic E-state index is -3.68. The van der Waals surface area contributed by atoms with Crippen molar-refractivity contribution >= 4 is 21.6 Å². The lowest BCUT2D eigenvalue weighted by molar-refractivity contribution is 0.102. The molecule has 0 aliphatic rings. The highest BCUT2D eigenvalue weighted by Crippen LogP contribution is 2.16. The molecule has 0 radical (unpaired) electrons. The van der Waals surface area contributed by atoms with Crippen LogP contribution in [-0.4, -0.2) is 19.9 Å². The van der Waals surface area contributed by atoms with Crippen molar-refractivity contribution < 1.29 is 13.2 Å². The van der Waals surface area contributed by atoms with Gasteiger partial charge in [-0.3, -0.25) is 4.79 Å². The molecule has 24 heavy (non-hydrogen) atoms. The molecule has 1 amide bonds. The average molecular weight is 346 g/mol. The van der Waals surface area contributed by atoms with Crippen LogP contribution in [0.5, 0.6) is 0 Å². The summed E-state index contributed by atoms with van der Waals surface area (Å²) >= 11 is 0. The molecule has 0 bridgehead atoms. The number of amides is 1. The standard InChI is InChI=1S/C18H22N2O3S/c1-13-7-5-9-15(11-13)19-17(21)14-8-6-10-16(12-14)24(22,23)20-18(2,3)4/h5-12,20H,1-4H3,(H,19,21). The normalized spacial score (nSPS) is 12.0. The van der Waals surface area contributed by atoms with Gasteiger partial charge >= 0.3 is 0 Å². The summed E-state index contributed by atoms with van der Waals surface area (Å²) in [5.41, 5.74) is 1.38. The van der Waals surface area contributed by atoms with Gasteiger partial charge in [-0.05, 0) is 63.6 Å². The Kier molecular flexibility index (Phi) is 5.11. The summed E-state index contributed by atoms with van der Waals surface area (Å²) in [5, 5.41) is 2.77. The van der Waals surface area contributed by atoms with Crippen LogP contribution in [0.2, 0.25) is 0 Å². The summed E-state index contributed by atoms with van der Waals surface area (Å²) in [7, 11) is -3.68. The van der Waals surface area contributed by atoms with Gasteiger partial charge in [-0.2, -0.15) is 0 Å². The molecule has 2 aromatic rings. The van der Waals surface area contributed by atoms with Gasteiger partial charge < -0.3 is 5.32 Å². The number of anilines is 1. The fourth-order valence-electron chi connectivity index (χ4n) is 2.19. The molecule has 0 heterocycles. The predicted molar refractivity (Wildman–Crippen MR) is 95.6 cm³/mol. The van der Waals surface area contributed by atoms with Crippen molar-refractivity contribution in [3.05, 3.63) is 59.7 Å². The fourth-order valence-corrected chi connectivity index (χ4v) is 3.66. The number of benzene rings is 2. The second-order valence-electron chi connectivity index (χ2n) is 6.71. The van der Waals surface area contributed by atoms with Crippen molar-refractivity contribution in [2.75, 3.05) is 5.32 Å². The van der Waals surface area contributed by atoms with Gasteiger partial charge in [0.15, 0.2) is 0 Å². The Balaban J connectivity index is 2.25. The van der Waals surface area contributed by atoms with Crippen LogP contribution in [0.15, 0.2) is 53.4 Å². The minimum absolute atomic E-state index is 0.0642. The van der Waals surface area contributed by atoms with E-state index in [9.17, 15) is 13.2 Å². The monoisotopic (exact) mass is 346 g/mol. The van der Waals surface area contributed by atoms with Crippen LogP contribution in [0.4, 0.5) is 5.69 Å². The van der Waals surface area contributed by atoms with Crippen molar-refractivity contribution in [1.82, 2.24) is 4.72 Å². The summed E-state index contributed by atoms with van der Waals surface area (Å²) in [6.07, 6.45) is 0. The number of rotatable bonds is 4. The average Bonchev–Trinajstić information content (AvgIpc) is 2.45. The van der Waals surface area contributed by atoms with E-state index in [0.29, 0.717) is 5.69 Å². The maximum Gasteiger partial charge on any atom is 0.255 e. The van der Waals surface area contributed by atoms with Crippen molar-refractivity contribution in [2.24, 2.45) is 0 Å². The topological polar surface area (TPSA) is 75.3 Å². The third kappa shape index (κ3) is 4.91. The van der Waals surface area contributed by atoms with E-state index in [2.05, 4.69) is 10.0 Å². The molecule has 6 heteroatoms. The second-order valence-corrected chi connectivity index (χ2v) is 8.39. The van der Waals surface area contributed by atoms with E-state index in [0.717, 1.165) is 5.56 Å². The molecule has 0 saturated heterocycles. The van der Waals surface area contributed by atoms with E-state index in [4.69, 9.17) is 0 Å². The third-order valence-corrected chi connectivity index (χ3v) is 4.88. The molecule has 128 valence electrons. The first-order valence-corrected chi connectivity index (χ1v) is 9.07. The van der Waals surface area contributed by atoms with Crippen LogP contribution in [0.3, 0.4) is 0 Å². The predicted octanol–water partition coefficient (Wildman–Crippen LogP) is 3.32. The summed E-state index contributed by atoms with van der Waals surface area (Å²) < 4.78 is 27.3. The Hall–Kier alpha value is -2.18. The zero-order chi connectivity index (χ0) is 18.0. The Labute approximate surface area is 143 Å². The number of sulfonamides is 1. The summed E-state index contributed by atoms with van der Waals surface area (Å²) in [4.78, 5) is 12.4. The Morgan fingerprint density at radius 2 is 1.67 bits per heavy atom. The van der Waals surface area contributed by atoms with Crippen LogP contribution in [0.25, 0.3) is 0 Å². The van der Waals surface area contributed by atoms with Gasteiger partial charge in [0.25, 0.3) is 5.91 Å². The lowest BCUT2D eigenvalue weighted by Gasteiger charge is -2.20. The Morgan fingerprint density at radius 1 is 1.00 bits per heavy atom. The molecule has 0 fully saturated rings. The van der Waals surface area contributed by atoms with Crippen LogP contribution in [0.1, 0.15) is 36.7 Å². The molecule has 0 atom stereocenters. The van der Waals surface area contributed by atoms with E-state index in [1.807, 2.05) is 25.1 Å². The Morgan fingerprint density at radius 3 is 2.29 bits per heavy atom. The minimum Gasteiger partial charge on any atom is -0.322 e. The smallest absolute Gasteiger partial charge is 0.255 e. The lowest BCUT2D eigenvalue weighted by Crippen LogP contribution is -2.40. The van der Waals surface area contributed by atoms with Crippen molar-refractivity contribution in [1.29, 1.82) is 0 Å². The highest BCUT2D eigenvalue weighted by atomic mass is 32.2. The number of carbonyl (C=O) groups is 1. The number of carbonyl (C=O) groups excluding carboxylic acids is 1. The molecule has 2 aromatic carbocycles. The first-order valence-electron chi connectivity index (χ1n) is 7.59. The van der Waals surface area contributed by atoms with Crippen LogP contribution in [-0.2, 0) is 10.0 Å². The lowest BCUT2D eigenvalue weighted by atomic mass is 10.1. The van der Waals surface area contributed by atoms with E-state index < -0.39 is 15.6 Å². The van der Waals surface area contributed by atoms with Gasteiger partial charge in [0, 0.05) is 16.8 Å². The van der Waals surface area contributed by atoms with Crippen LogP contribution < -0.4 is 10.0 Å². The highest BCUT2D eigenvalue weighted by molar-refractivity contribution is 7.89. The van der Waals surface area contributed by atoms with Crippen molar-refractivity contribution in [2.45, 2.75) is 38.1 Å². The quantitative estimate of drug-likeness (QED) is 0.892. The van der Waals surface area contributed by atoms with E-state index in [1.54, 1.807) is 39.0 Å². The highest BCUT2D eigenvalue weighted by Gasteiger charge is 2.22. The molecule has 2 N–H and O–H groups in total. The SMILES string of the molecule is Cc1cccc(NC(=O)c2cccc(S(=O)(=O)NC(C)(C)C)c2)c1. The summed E-state index contributed by atoms with van der Waals surface area (Å²) in [6.45, 7) is 7.22. The van der Waals surface area contributed by atoms with Crippen LogP contribution in [0, 0.1) is 6.92 Å². The molecule has 0 aliphatic heterocycles. The third-order valence-electron chi connectivity index (χ3n) is 3.12. The van der Waals surface area contributed by atoms with Crippen molar-refractivity contribution in [3.63, 3.8) is 0 Å². The van der Waals surface area contributed by atoms with E-state index in [-0.39, 0.29) is 16.4 Å². The molecule has 0 aliphatic carbocycles. The first-order chi connectivity index (χ1) is 11.1. The largest absolute Gasteiger partial charge is 0.322 e. The molecule has 0 saturated carbocycles. The van der Waals surface area contributed by atoms with Crippen LogP contribution >= 0.6 is 0 Å². The Bertz CT molecular complexity index is 853. The fraction of sp³-hybridized carbons (Fsp3) is 0.278. The maximum atomic E-state index is 12.4. The molecule has 2 rings (SSSR count). The molecule has 0 spiro atoms. The van der Waals surface area contributed by atoms with Gasteiger partial charge in [-0.1, -0.05) is 18.2 Å². The van der Waals surface area contributed by atoms with E-state index >= 15 is 0 Å². The number of hydrogen-bond donors (Lipinski definition) is 2. The summed E-state index contributed by atoms with van der Waals surface area (Å²) in [6, 6.07) is 13.4. The molecule has 0 unspecified atom stereocenters. The molecule has 5 nitrogen and oxygen atoms in total. The molecule has 0 aromatic heterocycles. The van der Waals surface area contributed by atoms with E-state index in [1.165, 1.54) is 12.1 Å². The molecular formula is C18H22N2O3S. The number of nitrogens with one attached hydrogen (secondary N) is 2. The van der Waals surface area contributed by atoms with Gasteiger partial charge in [0.2, 0.25) is 10.0 Å². The number of hydrogen-bond acceptors (Lipinski definition) is 3. The zero-order valence-corrected chi connectivity index (χ0v) is 15.1. The second kappa shape index (κ2) is 6.75.